The zero-order chi connectivity index (χ0) is 18.7. The minimum atomic E-state index is -0.296. The first kappa shape index (κ1) is 19.4. The average Bonchev–Trinajstić information content (AvgIpc) is 2.66. The Morgan fingerprint density at radius 3 is 2.35 bits per heavy atom. The molecule has 0 aromatic heterocycles. The Labute approximate surface area is 160 Å². The van der Waals surface area contributed by atoms with Gasteiger partial charge >= 0.3 is 0 Å². The second kappa shape index (κ2) is 8.55. The van der Waals surface area contributed by atoms with E-state index < -0.39 is 0 Å². The predicted molar refractivity (Wildman–Crippen MR) is 104 cm³/mol. The number of hydrogen-bond acceptors (Lipinski definition) is 5. The van der Waals surface area contributed by atoms with E-state index in [0.717, 1.165) is 62.9 Å². The average molecular weight is 382 g/mol. The fraction of sp³-hybridized carbons (Fsp3) is 0.684. The fourth-order valence-corrected chi connectivity index (χ4v) is 4.50. The van der Waals surface area contributed by atoms with Crippen LogP contribution >= 0.6 is 11.6 Å². The van der Waals surface area contributed by atoms with Crippen LogP contribution in [0.2, 0.25) is 5.02 Å². The molecule has 0 amide bonds. The number of methoxy groups -OCH3 is 1. The van der Waals surface area contributed by atoms with Crippen LogP contribution in [-0.2, 0) is 4.74 Å². The summed E-state index contributed by atoms with van der Waals surface area (Å²) in [6, 6.07) is 4.05. The van der Waals surface area contributed by atoms with Gasteiger partial charge in [0.15, 0.2) is 0 Å². The number of piperidine rings is 1. The van der Waals surface area contributed by atoms with Crippen molar-refractivity contribution in [2.75, 3.05) is 25.1 Å². The Morgan fingerprint density at radius 1 is 1.15 bits per heavy atom. The number of aryl methyl sites for hydroxylation is 1. The van der Waals surface area contributed by atoms with E-state index in [2.05, 4.69) is 10.2 Å². The molecule has 0 spiro atoms. The Hall–Kier alpha value is -1.37. The summed E-state index contributed by atoms with van der Waals surface area (Å²) in [5, 5.41) is 15.6. The van der Waals surface area contributed by atoms with E-state index in [-0.39, 0.29) is 10.6 Å². The van der Waals surface area contributed by atoms with Crippen LogP contribution in [0.25, 0.3) is 0 Å². The number of anilines is 1. The summed E-state index contributed by atoms with van der Waals surface area (Å²) in [6.07, 6.45) is 6.32. The molecule has 144 valence electrons. The molecule has 0 radical (unpaired) electrons. The zero-order valence-corrected chi connectivity index (χ0v) is 16.3. The van der Waals surface area contributed by atoms with Gasteiger partial charge in [-0.25, -0.2) is 0 Å². The lowest BCUT2D eigenvalue weighted by atomic mass is 9.89. The van der Waals surface area contributed by atoms with Crippen molar-refractivity contribution in [3.63, 3.8) is 0 Å². The van der Waals surface area contributed by atoms with Crippen molar-refractivity contribution in [3.05, 3.63) is 32.8 Å². The molecule has 3 rings (SSSR count). The first-order chi connectivity index (χ1) is 12.5. The van der Waals surface area contributed by atoms with Gasteiger partial charge in [-0.1, -0.05) is 11.6 Å². The van der Waals surface area contributed by atoms with E-state index in [1.165, 1.54) is 6.07 Å². The van der Waals surface area contributed by atoms with Crippen LogP contribution in [0.4, 0.5) is 11.4 Å². The fourth-order valence-electron chi connectivity index (χ4n) is 4.34. The van der Waals surface area contributed by atoms with Crippen molar-refractivity contribution in [1.29, 1.82) is 0 Å². The molecule has 1 saturated carbocycles. The number of ether oxygens (including phenoxy) is 1. The van der Waals surface area contributed by atoms with Gasteiger partial charge in [0.2, 0.25) is 0 Å². The lowest BCUT2D eigenvalue weighted by Crippen LogP contribution is -2.50. The van der Waals surface area contributed by atoms with E-state index in [1.807, 2.05) is 13.0 Å². The molecule has 1 aromatic carbocycles. The molecule has 2 aliphatic rings. The topological polar surface area (TPSA) is 67.6 Å². The Bertz CT molecular complexity index is 641. The van der Waals surface area contributed by atoms with Gasteiger partial charge < -0.3 is 15.0 Å². The van der Waals surface area contributed by atoms with Crippen LogP contribution in [0.5, 0.6) is 0 Å². The lowest BCUT2D eigenvalue weighted by molar-refractivity contribution is -0.384. The third-order valence-corrected chi connectivity index (χ3v) is 6.21. The van der Waals surface area contributed by atoms with E-state index >= 15 is 0 Å². The number of nitrogens with zero attached hydrogens (tertiary/aromatic N) is 2. The van der Waals surface area contributed by atoms with Gasteiger partial charge in [-0.05, 0) is 70.2 Å². The van der Waals surface area contributed by atoms with Gasteiger partial charge in [-0.15, -0.1) is 0 Å². The molecule has 6 nitrogen and oxygen atoms in total. The summed E-state index contributed by atoms with van der Waals surface area (Å²) < 4.78 is 5.51. The van der Waals surface area contributed by atoms with Gasteiger partial charge in [-0.2, -0.15) is 0 Å². The summed E-state index contributed by atoms with van der Waals surface area (Å²) >= 11 is 6.19. The smallest absolute Gasteiger partial charge is 0.294 e. The molecule has 7 heteroatoms. The van der Waals surface area contributed by atoms with Crippen LogP contribution in [-0.4, -0.2) is 43.3 Å². The van der Waals surface area contributed by atoms with Crippen molar-refractivity contribution in [2.24, 2.45) is 0 Å². The molecule has 0 bridgehead atoms. The molecule has 0 unspecified atom stereocenters. The predicted octanol–water partition coefficient (Wildman–Crippen LogP) is 4.07. The molecular weight excluding hydrogens is 354 g/mol. The van der Waals surface area contributed by atoms with Crippen molar-refractivity contribution in [1.82, 2.24) is 5.32 Å². The van der Waals surface area contributed by atoms with Gasteiger partial charge in [0.25, 0.3) is 5.69 Å². The Kier molecular flexibility index (Phi) is 6.37. The highest BCUT2D eigenvalue weighted by Gasteiger charge is 2.35. The maximum Gasteiger partial charge on any atom is 0.294 e. The zero-order valence-electron chi connectivity index (χ0n) is 15.5. The number of rotatable bonds is 5. The molecule has 1 aliphatic carbocycles. The van der Waals surface area contributed by atoms with Crippen LogP contribution in [0.1, 0.15) is 44.1 Å². The number of hydrogen-bond donors (Lipinski definition) is 1. The van der Waals surface area contributed by atoms with Gasteiger partial charge in [0.1, 0.15) is 5.69 Å². The van der Waals surface area contributed by atoms with E-state index in [0.29, 0.717) is 23.2 Å². The van der Waals surface area contributed by atoms with Crippen molar-refractivity contribution in [3.8, 4) is 0 Å². The molecule has 1 N–H and O–H groups in total. The molecule has 1 aromatic rings. The second-order valence-corrected chi connectivity index (χ2v) is 7.81. The number of nitro benzene ring substituents is 1. The van der Waals surface area contributed by atoms with Gasteiger partial charge in [0.05, 0.1) is 16.0 Å². The summed E-state index contributed by atoms with van der Waals surface area (Å²) in [5.41, 5.74) is 1.73. The number of nitrogens with one attached hydrogen (secondary N) is 1. The maximum atomic E-state index is 11.7. The Morgan fingerprint density at radius 2 is 1.77 bits per heavy atom. The SMILES string of the molecule is COC1CCC(N(c2cc(C)c(Cl)cc2[N+](=O)[O-])C2CCNCC2)CC1. The number of benzene rings is 1. The van der Waals surface area contributed by atoms with E-state index in [1.54, 1.807) is 7.11 Å². The molecule has 0 atom stereocenters. The van der Waals surface area contributed by atoms with E-state index in [9.17, 15) is 10.1 Å². The molecule has 1 heterocycles. The minimum absolute atomic E-state index is 0.119. The third kappa shape index (κ3) is 4.13. The van der Waals surface area contributed by atoms with Crippen LogP contribution in [0.3, 0.4) is 0 Å². The normalized spacial score (nSPS) is 24.4. The quantitative estimate of drug-likeness (QED) is 0.615. The molecule has 2 fully saturated rings. The van der Waals surface area contributed by atoms with Gasteiger partial charge in [-0.3, -0.25) is 10.1 Å². The standard InChI is InChI=1S/C19H28ClN3O3/c1-13-11-18(19(23(24)25)12-17(13)20)22(15-7-9-21-10-8-15)14-3-5-16(26-2)6-4-14/h11-12,14-16,21H,3-10H2,1-2H3. The van der Waals surface area contributed by atoms with Crippen molar-refractivity contribution >= 4 is 23.0 Å². The minimum Gasteiger partial charge on any atom is -0.381 e. The van der Waals surface area contributed by atoms with Crippen LogP contribution < -0.4 is 10.2 Å². The second-order valence-electron chi connectivity index (χ2n) is 7.40. The largest absolute Gasteiger partial charge is 0.381 e. The van der Waals surface area contributed by atoms with Crippen molar-refractivity contribution in [2.45, 2.75) is 63.6 Å². The molecule has 1 aliphatic heterocycles. The number of halogens is 1. The summed E-state index contributed by atoms with van der Waals surface area (Å²) in [6.45, 7) is 3.82. The van der Waals surface area contributed by atoms with Crippen molar-refractivity contribution < 1.29 is 9.66 Å². The first-order valence-corrected chi connectivity index (χ1v) is 9.85. The highest BCUT2D eigenvalue weighted by Crippen LogP contribution is 2.40. The summed E-state index contributed by atoms with van der Waals surface area (Å²) in [7, 11) is 1.77. The highest BCUT2D eigenvalue weighted by molar-refractivity contribution is 6.31. The maximum absolute atomic E-state index is 11.7. The Balaban J connectivity index is 1.98. The molecule has 1 saturated heterocycles. The first-order valence-electron chi connectivity index (χ1n) is 9.47. The van der Waals surface area contributed by atoms with Crippen LogP contribution in [0.15, 0.2) is 12.1 Å². The molecular formula is C19H28ClN3O3. The summed E-state index contributed by atoms with van der Waals surface area (Å²) in [5.74, 6) is 0. The van der Waals surface area contributed by atoms with E-state index in [4.69, 9.17) is 16.3 Å². The molecule has 26 heavy (non-hydrogen) atoms. The lowest BCUT2D eigenvalue weighted by Gasteiger charge is -2.44. The highest BCUT2D eigenvalue weighted by atomic mass is 35.5. The third-order valence-electron chi connectivity index (χ3n) is 5.80. The van der Waals surface area contributed by atoms with Crippen LogP contribution in [0, 0.1) is 17.0 Å². The monoisotopic (exact) mass is 381 g/mol. The van der Waals surface area contributed by atoms with Gasteiger partial charge in [0, 0.05) is 25.3 Å². The number of nitro groups is 1. The summed E-state index contributed by atoms with van der Waals surface area (Å²) in [4.78, 5) is 13.8.